The molecule has 0 spiro atoms. The average molecular weight is 480 g/mol. The molecule has 2 aromatic carbocycles. The lowest BCUT2D eigenvalue weighted by molar-refractivity contribution is 0.0281. The van der Waals surface area contributed by atoms with Gasteiger partial charge < -0.3 is 19.7 Å². The summed E-state index contributed by atoms with van der Waals surface area (Å²) in [7, 11) is -0.923. The molecule has 0 fully saturated rings. The van der Waals surface area contributed by atoms with Crippen molar-refractivity contribution < 1.29 is 27.1 Å². The molecule has 0 aromatic heterocycles. The van der Waals surface area contributed by atoms with Crippen molar-refractivity contribution in [1.82, 2.24) is 10.2 Å². The highest BCUT2D eigenvalue weighted by molar-refractivity contribution is 7.92. The van der Waals surface area contributed by atoms with Gasteiger partial charge in [0.15, 0.2) is 0 Å². The Morgan fingerprint density at radius 2 is 1.94 bits per heavy atom. The number of anilines is 1. The summed E-state index contributed by atoms with van der Waals surface area (Å²) in [6.07, 6.45) is -0.190. The fraction of sp³-hybridized carbons (Fsp3) is 0.435. The van der Waals surface area contributed by atoms with E-state index in [0.717, 1.165) is 6.07 Å². The fourth-order valence-corrected chi connectivity index (χ4v) is 4.73. The van der Waals surface area contributed by atoms with Crippen LogP contribution in [0.4, 0.5) is 10.1 Å². The Bertz CT molecular complexity index is 1100. The van der Waals surface area contributed by atoms with Crippen molar-refractivity contribution in [3.05, 3.63) is 53.8 Å². The van der Waals surface area contributed by atoms with Gasteiger partial charge in [0.2, 0.25) is 0 Å². The molecule has 2 N–H and O–H groups in total. The van der Waals surface area contributed by atoms with Crippen molar-refractivity contribution >= 4 is 21.6 Å². The molecule has 0 radical (unpaired) electrons. The monoisotopic (exact) mass is 479 g/mol. The highest BCUT2D eigenvalue weighted by Crippen LogP contribution is 2.27. The minimum absolute atomic E-state index is 0.0179. The predicted octanol–water partition coefficient (Wildman–Crippen LogP) is 2.72. The van der Waals surface area contributed by atoms with Gasteiger partial charge in [-0.2, -0.15) is 0 Å². The number of hydrogen-bond acceptors (Lipinski definition) is 6. The summed E-state index contributed by atoms with van der Waals surface area (Å²) in [5.41, 5.74) is 0.318. The minimum atomic E-state index is -4.19. The molecule has 1 heterocycles. The molecular weight excluding hydrogens is 449 g/mol. The van der Waals surface area contributed by atoms with Gasteiger partial charge in [-0.1, -0.05) is 19.1 Å². The van der Waals surface area contributed by atoms with E-state index in [9.17, 15) is 17.6 Å². The van der Waals surface area contributed by atoms with Gasteiger partial charge in [-0.05, 0) is 43.2 Å². The van der Waals surface area contributed by atoms with Crippen molar-refractivity contribution in [1.29, 1.82) is 0 Å². The zero-order valence-corrected chi connectivity index (χ0v) is 20.0. The number of benzene rings is 2. The zero-order chi connectivity index (χ0) is 24.2. The van der Waals surface area contributed by atoms with E-state index < -0.39 is 20.7 Å². The van der Waals surface area contributed by atoms with Crippen molar-refractivity contribution in [2.24, 2.45) is 5.92 Å². The standard InChI is InChI=1S/C23H30FN3O5S/c1-15-12-25-16(2)14-32-20-10-9-17(11-18(20)23(28)27(3)13-21(15)31-4)26-33(29,30)22-8-6-5-7-19(22)24/h5-11,15-16,21,25-26H,12-14H2,1-4H3/t15-,16+,21-/m0/s1. The molecule has 0 aliphatic carbocycles. The summed E-state index contributed by atoms with van der Waals surface area (Å²) in [5, 5.41) is 3.40. The Hall–Kier alpha value is -2.69. The summed E-state index contributed by atoms with van der Waals surface area (Å²) in [6, 6.07) is 9.53. The highest BCUT2D eigenvalue weighted by Gasteiger charge is 2.26. The van der Waals surface area contributed by atoms with Gasteiger partial charge in [0.25, 0.3) is 15.9 Å². The molecule has 1 amide bonds. The Balaban J connectivity index is 1.95. The van der Waals surface area contributed by atoms with E-state index in [1.807, 2.05) is 13.8 Å². The van der Waals surface area contributed by atoms with Crippen LogP contribution in [0.3, 0.4) is 0 Å². The van der Waals surface area contributed by atoms with Crippen LogP contribution < -0.4 is 14.8 Å². The van der Waals surface area contributed by atoms with Crippen molar-refractivity contribution in [2.45, 2.75) is 30.9 Å². The second-order valence-electron chi connectivity index (χ2n) is 8.30. The lowest BCUT2D eigenvalue weighted by atomic mass is 10.0. The third kappa shape index (κ3) is 6.01. The zero-order valence-electron chi connectivity index (χ0n) is 19.2. The molecule has 0 unspecified atom stereocenters. The van der Waals surface area contributed by atoms with E-state index in [-0.39, 0.29) is 35.2 Å². The van der Waals surface area contributed by atoms with Gasteiger partial charge in [0.05, 0.1) is 11.7 Å². The maximum Gasteiger partial charge on any atom is 0.264 e. The SMILES string of the molecule is CO[C@H]1CN(C)C(=O)c2cc(NS(=O)(=O)c3ccccc3F)ccc2OC[C@@H](C)NC[C@@H]1C. The van der Waals surface area contributed by atoms with E-state index >= 15 is 0 Å². The van der Waals surface area contributed by atoms with Gasteiger partial charge in [-0.25, -0.2) is 12.8 Å². The highest BCUT2D eigenvalue weighted by atomic mass is 32.2. The van der Waals surface area contributed by atoms with Crippen molar-refractivity contribution in [2.75, 3.05) is 38.6 Å². The summed E-state index contributed by atoms with van der Waals surface area (Å²) in [5.74, 6) is -0.730. The van der Waals surface area contributed by atoms with E-state index in [0.29, 0.717) is 25.4 Å². The molecule has 2 aromatic rings. The first-order chi connectivity index (χ1) is 15.6. The number of carbonyl (C=O) groups excluding carboxylic acids is 1. The number of likely N-dealkylation sites (N-methyl/N-ethyl adjacent to an activating group) is 1. The molecule has 1 aliphatic rings. The topological polar surface area (TPSA) is 97.0 Å². The van der Waals surface area contributed by atoms with Crippen molar-refractivity contribution in [3.63, 3.8) is 0 Å². The summed E-state index contributed by atoms with van der Waals surface area (Å²) in [4.78, 5) is 14.3. The first-order valence-corrected chi connectivity index (χ1v) is 12.2. The number of carbonyl (C=O) groups is 1. The van der Waals surface area contributed by atoms with E-state index in [2.05, 4.69) is 10.0 Å². The third-order valence-corrected chi connectivity index (χ3v) is 7.02. The summed E-state index contributed by atoms with van der Waals surface area (Å²) in [6.45, 7) is 5.38. The second-order valence-corrected chi connectivity index (χ2v) is 9.96. The van der Waals surface area contributed by atoms with Gasteiger partial charge in [0, 0.05) is 39.0 Å². The van der Waals surface area contributed by atoms with Crippen molar-refractivity contribution in [3.8, 4) is 5.75 Å². The van der Waals surface area contributed by atoms with Crippen LogP contribution >= 0.6 is 0 Å². The Labute approximate surface area is 194 Å². The van der Waals surface area contributed by atoms with Crippen LogP contribution in [0.25, 0.3) is 0 Å². The smallest absolute Gasteiger partial charge is 0.264 e. The molecule has 180 valence electrons. The Kier molecular flexibility index (Phi) is 7.93. The molecule has 10 heteroatoms. The lowest BCUT2D eigenvalue weighted by Gasteiger charge is -2.30. The van der Waals surface area contributed by atoms with E-state index in [4.69, 9.17) is 9.47 Å². The lowest BCUT2D eigenvalue weighted by Crippen LogP contribution is -2.44. The molecular formula is C23H30FN3O5S. The van der Waals surface area contributed by atoms with Crippen LogP contribution in [0.15, 0.2) is 47.4 Å². The van der Waals surface area contributed by atoms with E-state index in [1.54, 1.807) is 14.2 Å². The number of nitrogens with one attached hydrogen (secondary N) is 2. The number of hydrogen-bond donors (Lipinski definition) is 2. The fourth-order valence-electron chi connectivity index (χ4n) is 3.60. The van der Waals surface area contributed by atoms with Crippen LogP contribution in [-0.4, -0.2) is 65.2 Å². The molecule has 33 heavy (non-hydrogen) atoms. The first-order valence-electron chi connectivity index (χ1n) is 10.7. The third-order valence-electron chi connectivity index (χ3n) is 5.60. The maximum absolute atomic E-state index is 14.0. The van der Waals surface area contributed by atoms with Crippen LogP contribution in [0.5, 0.6) is 5.75 Å². The maximum atomic E-state index is 14.0. The number of ether oxygens (including phenoxy) is 2. The molecule has 0 saturated heterocycles. The number of nitrogens with zero attached hydrogens (tertiary/aromatic N) is 1. The molecule has 3 atom stereocenters. The summed E-state index contributed by atoms with van der Waals surface area (Å²) >= 11 is 0. The number of sulfonamides is 1. The van der Waals surface area contributed by atoms with E-state index in [1.165, 1.54) is 41.3 Å². The molecule has 8 nitrogen and oxygen atoms in total. The number of amides is 1. The Morgan fingerprint density at radius 3 is 2.64 bits per heavy atom. The predicted molar refractivity (Wildman–Crippen MR) is 124 cm³/mol. The Morgan fingerprint density at radius 1 is 1.21 bits per heavy atom. The number of rotatable bonds is 4. The first kappa shape index (κ1) is 24.9. The molecule has 3 rings (SSSR count). The van der Waals surface area contributed by atoms with Crippen LogP contribution in [0.2, 0.25) is 0 Å². The molecule has 0 bridgehead atoms. The number of halogens is 1. The molecule has 0 saturated carbocycles. The second kappa shape index (κ2) is 10.5. The van der Waals surface area contributed by atoms with Gasteiger partial charge in [-0.15, -0.1) is 0 Å². The summed E-state index contributed by atoms with van der Waals surface area (Å²) < 4.78 is 53.3. The molecule has 1 aliphatic heterocycles. The number of fused-ring (bicyclic) bond motifs is 1. The van der Waals surface area contributed by atoms with Crippen LogP contribution in [0.1, 0.15) is 24.2 Å². The van der Waals surface area contributed by atoms with Gasteiger partial charge >= 0.3 is 0 Å². The normalized spacial score (nSPS) is 22.5. The van der Waals surface area contributed by atoms with Gasteiger partial charge in [-0.3, -0.25) is 9.52 Å². The average Bonchev–Trinajstić information content (AvgIpc) is 2.78. The van der Waals surface area contributed by atoms with Crippen LogP contribution in [-0.2, 0) is 14.8 Å². The number of methoxy groups -OCH3 is 1. The largest absolute Gasteiger partial charge is 0.491 e. The quantitative estimate of drug-likeness (QED) is 0.700. The van der Waals surface area contributed by atoms with Gasteiger partial charge in [0.1, 0.15) is 23.1 Å². The van der Waals surface area contributed by atoms with Crippen LogP contribution in [0, 0.1) is 11.7 Å². The minimum Gasteiger partial charge on any atom is -0.491 e.